The molecule has 3 atom stereocenters. The van der Waals surface area contributed by atoms with Crippen LogP contribution in [0.25, 0.3) is 0 Å². The first-order chi connectivity index (χ1) is 20.5. The van der Waals surface area contributed by atoms with Crippen molar-refractivity contribution < 1.29 is 27.6 Å². The molecule has 0 unspecified atom stereocenters. The second-order valence-electron chi connectivity index (χ2n) is 14.6. The monoisotopic (exact) mass is 686 g/mol. The molecular weight excluding hydrogens is 621 g/mol. The topological polar surface area (TPSA) is 71.1 Å². The highest BCUT2D eigenvalue weighted by molar-refractivity contribution is 8.03. The minimum atomic E-state index is -2.09. The molecule has 44 heavy (non-hydrogen) atoms. The second kappa shape index (κ2) is 19.2. The zero-order valence-corrected chi connectivity index (χ0v) is 34.6. The molecule has 0 fully saturated rings. The van der Waals surface area contributed by atoms with Crippen LogP contribution < -0.4 is 0 Å². The molecule has 0 heterocycles. The highest BCUT2D eigenvalue weighted by Gasteiger charge is 2.45. The Morgan fingerprint density at radius 1 is 0.955 bits per heavy atom. The number of rotatable bonds is 21. The van der Waals surface area contributed by atoms with Crippen LogP contribution in [0.15, 0.2) is 22.8 Å². The number of esters is 2. The van der Waals surface area contributed by atoms with E-state index in [0.29, 0.717) is 19.3 Å². The van der Waals surface area contributed by atoms with Gasteiger partial charge in [0, 0.05) is 30.1 Å². The van der Waals surface area contributed by atoms with Crippen LogP contribution in [-0.4, -0.2) is 57.3 Å². The number of carbonyl (C=O) groups excluding carboxylic acids is 2. The van der Waals surface area contributed by atoms with Crippen LogP contribution in [0.4, 0.5) is 0 Å². The molecular formula is C34H66O6SSi3. The summed E-state index contributed by atoms with van der Waals surface area (Å²) in [4.78, 5) is 25.4. The van der Waals surface area contributed by atoms with Gasteiger partial charge in [-0.1, -0.05) is 79.5 Å². The van der Waals surface area contributed by atoms with Crippen molar-refractivity contribution in [3.63, 3.8) is 0 Å². The Morgan fingerprint density at radius 2 is 1.64 bits per heavy atom. The van der Waals surface area contributed by atoms with Gasteiger partial charge in [-0.2, -0.15) is 0 Å². The van der Waals surface area contributed by atoms with Gasteiger partial charge in [0.15, 0.2) is 16.6 Å². The average molecular weight is 687 g/mol. The summed E-state index contributed by atoms with van der Waals surface area (Å²) in [5.41, 5.74) is 0. The van der Waals surface area contributed by atoms with E-state index >= 15 is 0 Å². The summed E-state index contributed by atoms with van der Waals surface area (Å²) in [7, 11) is -3.02. The van der Waals surface area contributed by atoms with Gasteiger partial charge in [-0.25, -0.2) is 0 Å². The maximum absolute atomic E-state index is 12.8. The Bertz CT molecular complexity index is 959. The molecule has 0 spiro atoms. The number of hydrogen-bond donors (Lipinski definition) is 0. The van der Waals surface area contributed by atoms with Gasteiger partial charge in [0.25, 0.3) is 0 Å². The van der Waals surface area contributed by atoms with E-state index in [0.717, 1.165) is 48.5 Å². The first-order valence-electron chi connectivity index (χ1n) is 17.1. The molecule has 1 aliphatic carbocycles. The van der Waals surface area contributed by atoms with Crippen molar-refractivity contribution in [3.05, 3.63) is 22.8 Å². The van der Waals surface area contributed by atoms with Crippen LogP contribution in [0.3, 0.4) is 0 Å². The molecule has 0 aromatic heterocycles. The zero-order chi connectivity index (χ0) is 33.6. The Hall–Kier alpha value is -0.659. The van der Waals surface area contributed by atoms with Gasteiger partial charge in [-0.05, 0) is 74.1 Å². The van der Waals surface area contributed by atoms with Crippen molar-refractivity contribution in [2.24, 2.45) is 5.92 Å². The Labute approximate surface area is 279 Å². The number of carbonyl (C=O) groups is 2. The van der Waals surface area contributed by atoms with E-state index in [1.54, 1.807) is 0 Å². The fraction of sp³-hybridized carbons (Fsp3) is 0.824. The number of unbranched alkanes of at least 4 members (excludes halogenated alkanes) is 3. The standard InChI is InChI=1S/C34H66O6SSi3/c1-13-15-23-34(6,44(11,12)40-42-8)24-19-21-27-28(39-43(9,10)33(3,4)5)26-29(38-31(36)20-14-2)32(27)41-25-18-16-17-22-30(35)37-7/h19,21,27-28H,13-18,20,22-26,42H2,1-12H3/b21-19+/t27-,28+,34-/m0/s1. The van der Waals surface area contributed by atoms with Crippen LogP contribution in [0.1, 0.15) is 112 Å². The fourth-order valence-corrected chi connectivity index (χ4v) is 13.7. The van der Waals surface area contributed by atoms with Crippen LogP contribution in [-0.2, 0) is 27.6 Å². The fourth-order valence-electron chi connectivity index (χ4n) is 5.37. The summed E-state index contributed by atoms with van der Waals surface area (Å²) in [6.07, 6.45) is 14.3. The number of methoxy groups -OCH3 is 1. The van der Waals surface area contributed by atoms with Crippen molar-refractivity contribution in [3.8, 4) is 0 Å². The normalized spacial score (nSPS) is 19.7. The number of allylic oxidation sites excluding steroid dienone is 1. The van der Waals surface area contributed by atoms with Gasteiger partial charge in [0.1, 0.15) is 15.5 Å². The third-order valence-corrected chi connectivity index (χ3v) is 23.0. The van der Waals surface area contributed by atoms with E-state index in [9.17, 15) is 9.59 Å². The summed E-state index contributed by atoms with van der Waals surface area (Å²) in [5.74, 6) is 1.45. The number of hydrogen-bond acceptors (Lipinski definition) is 7. The molecule has 0 amide bonds. The van der Waals surface area contributed by atoms with E-state index in [1.165, 1.54) is 26.4 Å². The van der Waals surface area contributed by atoms with Crippen molar-refractivity contribution in [2.75, 3.05) is 12.9 Å². The smallest absolute Gasteiger partial charge is 0.310 e. The lowest BCUT2D eigenvalue weighted by molar-refractivity contribution is -0.141. The second-order valence-corrected chi connectivity index (χ2v) is 26.5. The number of thioether (sulfide) groups is 1. The van der Waals surface area contributed by atoms with Gasteiger partial charge >= 0.3 is 11.9 Å². The van der Waals surface area contributed by atoms with Gasteiger partial charge in [0.05, 0.1) is 13.2 Å². The lowest BCUT2D eigenvalue weighted by Gasteiger charge is -2.42. The first-order valence-corrected chi connectivity index (χ1v) is 25.9. The lowest BCUT2D eigenvalue weighted by atomic mass is 9.97. The van der Waals surface area contributed by atoms with Crippen molar-refractivity contribution in [1.82, 2.24) is 0 Å². The highest BCUT2D eigenvalue weighted by atomic mass is 32.2. The predicted molar refractivity (Wildman–Crippen MR) is 196 cm³/mol. The van der Waals surface area contributed by atoms with Crippen LogP contribution in [0, 0.1) is 5.92 Å². The maximum Gasteiger partial charge on any atom is 0.310 e. The van der Waals surface area contributed by atoms with Crippen LogP contribution in [0.5, 0.6) is 0 Å². The average Bonchev–Trinajstić information content (AvgIpc) is 3.22. The molecule has 0 aliphatic heterocycles. The van der Waals surface area contributed by atoms with E-state index in [1.807, 2.05) is 18.7 Å². The summed E-state index contributed by atoms with van der Waals surface area (Å²) in [6, 6.07) is 0. The third kappa shape index (κ3) is 12.9. The molecule has 1 rings (SSSR count). The van der Waals surface area contributed by atoms with Crippen molar-refractivity contribution in [1.29, 1.82) is 0 Å². The molecule has 1 aliphatic rings. The van der Waals surface area contributed by atoms with E-state index in [-0.39, 0.29) is 34.0 Å². The zero-order valence-electron chi connectivity index (χ0n) is 30.4. The molecule has 0 radical (unpaired) electrons. The molecule has 0 saturated heterocycles. The lowest BCUT2D eigenvalue weighted by Crippen LogP contribution is -2.45. The SMILES string of the molecule is CCCC[C@@](C)(C/C=C/[C@@H]1C(SCCCCCC(=O)OC)=C(OC(=O)CCC)C[C@H]1O[Si](C)(C)C(C)(C)C)[Si](C)(C)O[SiH2]C. The largest absolute Gasteiger partial charge is 0.469 e. The summed E-state index contributed by atoms with van der Waals surface area (Å²) >= 11 is 1.81. The van der Waals surface area contributed by atoms with E-state index < -0.39 is 26.4 Å². The van der Waals surface area contributed by atoms with E-state index in [4.69, 9.17) is 18.0 Å². The predicted octanol–water partition coefficient (Wildman–Crippen LogP) is 9.67. The summed E-state index contributed by atoms with van der Waals surface area (Å²) in [6.45, 7) is 25.2. The van der Waals surface area contributed by atoms with Gasteiger partial charge in [-0.3, -0.25) is 9.59 Å². The third-order valence-electron chi connectivity index (χ3n) is 9.77. The van der Waals surface area contributed by atoms with E-state index in [2.05, 4.69) is 79.5 Å². The number of ether oxygens (including phenoxy) is 2. The first kappa shape index (κ1) is 41.4. The summed E-state index contributed by atoms with van der Waals surface area (Å²) < 4.78 is 24.6. The van der Waals surface area contributed by atoms with Gasteiger partial charge in [0.2, 0.25) is 0 Å². The maximum atomic E-state index is 12.8. The molecule has 0 aromatic carbocycles. The molecule has 0 aromatic rings. The minimum absolute atomic E-state index is 0.0511. The van der Waals surface area contributed by atoms with Gasteiger partial charge < -0.3 is 18.0 Å². The van der Waals surface area contributed by atoms with Crippen LogP contribution >= 0.6 is 11.8 Å². The van der Waals surface area contributed by atoms with Crippen molar-refractivity contribution in [2.45, 2.75) is 161 Å². The Kier molecular flexibility index (Phi) is 18.1. The molecule has 10 heteroatoms. The molecule has 0 bridgehead atoms. The minimum Gasteiger partial charge on any atom is -0.469 e. The highest BCUT2D eigenvalue weighted by Crippen LogP contribution is 2.49. The molecule has 6 nitrogen and oxygen atoms in total. The Balaban J connectivity index is 3.40. The molecule has 0 N–H and O–H groups in total. The van der Waals surface area contributed by atoms with Crippen molar-refractivity contribution >= 4 is 50.1 Å². The summed E-state index contributed by atoms with van der Waals surface area (Å²) in [5, 5.41) is 0.232. The molecule has 256 valence electrons. The Morgan fingerprint density at radius 3 is 2.20 bits per heavy atom. The van der Waals surface area contributed by atoms with Gasteiger partial charge in [-0.15, -0.1) is 11.8 Å². The van der Waals surface area contributed by atoms with Crippen LogP contribution in [0.2, 0.25) is 42.8 Å². The molecule has 0 saturated carbocycles. The quantitative estimate of drug-likeness (QED) is 0.0515.